The fourth-order valence-corrected chi connectivity index (χ4v) is 6.30. The largest absolute Gasteiger partial charge is 0.493 e. The van der Waals surface area contributed by atoms with Crippen molar-refractivity contribution in [2.24, 2.45) is 4.99 Å². The Morgan fingerprint density at radius 2 is 1.32 bits per heavy atom. The Kier molecular flexibility index (Phi) is 15.3. The first-order valence-electron chi connectivity index (χ1n) is 17.7. The number of nitrogens with zero attached hydrogens (tertiary/aromatic N) is 3. The maximum Gasteiger partial charge on any atom is 0.260 e. The van der Waals surface area contributed by atoms with E-state index in [9.17, 15) is 9.59 Å². The van der Waals surface area contributed by atoms with Gasteiger partial charge in [0.25, 0.3) is 11.8 Å². The number of ether oxygens (including phenoxy) is 4. The van der Waals surface area contributed by atoms with Gasteiger partial charge in [0, 0.05) is 43.3 Å². The van der Waals surface area contributed by atoms with Gasteiger partial charge in [-0.3, -0.25) is 14.6 Å². The number of methoxy groups -OCH3 is 2. The average molecular weight is 687 g/mol. The highest BCUT2D eigenvalue weighted by Crippen LogP contribution is 2.39. The summed E-state index contributed by atoms with van der Waals surface area (Å²) in [6, 6.07) is 7.32. The normalized spacial score (nSPS) is 18.1. The second-order valence-corrected chi connectivity index (χ2v) is 11.8. The molecule has 10 nitrogen and oxygen atoms in total. The van der Waals surface area contributed by atoms with Gasteiger partial charge in [-0.25, -0.2) is 0 Å². The molecule has 270 valence electrons. The second kappa shape index (κ2) is 19.3. The van der Waals surface area contributed by atoms with Crippen LogP contribution in [0.3, 0.4) is 0 Å². The maximum absolute atomic E-state index is 13.4. The van der Waals surface area contributed by atoms with E-state index in [1.807, 2.05) is 64.2 Å². The van der Waals surface area contributed by atoms with Crippen LogP contribution in [0.25, 0.3) is 0 Å². The van der Waals surface area contributed by atoms with Crippen LogP contribution in [0, 0.1) is 12.8 Å². The molecular formula is C40H54N4O6. The molecule has 2 unspecified atom stereocenters. The zero-order valence-corrected chi connectivity index (χ0v) is 31.0. The molecule has 4 heterocycles. The van der Waals surface area contributed by atoms with Crippen molar-refractivity contribution in [1.82, 2.24) is 9.80 Å². The van der Waals surface area contributed by atoms with Gasteiger partial charge in [-0.2, -0.15) is 0 Å². The van der Waals surface area contributed by atoms with E-state index in [1.165, 1.54) is 5.57 Å². The third-order valence-electron chi connectivity index (χ3n) is 8.56. The van der Waals surface area contributed by atoms with Crippen LogP contribution in [-0.4, -0.2) is 73.9 Å². The number of terminal acetylenes is 1. The number of hydrogen-bond donors (Lipinski definition) is 1. The quantitative estimate of drug-likeness (QED) is 0.198. The van der Waals surface area contributed by atoms with E-state index in [-0.39, 0.29) is 23.9 Å². The second-order valence-electron chi connectivity index (χ2n) is 11.8. The van der Waals surface area contributed by atoms with Crippen LogP contribution in [0.5, 0.6) is 23.0 Å². The number of rotatable bonds is 10. The SMILES string of the molecule is C#C.CC.CC.COc1cc2c(cc1OCCCCCOc1cc3c(cc1OC)C(=O)N1C=C(C)CC1CCN3)N=CC1CC(C)=CN1C2=O. The number of anilines is 1. The molecule has 6 rings (SSSR count). The van der Waals surface area contributed by atoms with E-state index in [0.29, 0.717) is 53.0 Å². The Balaban J connectivity index is 0.00000107. The molecule has 0 aromatic heterocycles. The fourth-order valence-electron chi connectivity index (χ4n) is 6.30. The third kappa shape index (κ3) is 9.00. The van der Waals surface area contributed by atoms with Crippen LogP contribution in [-0.2, 0) is 0 Å². The standard InChI is InChI=1S/C34H40N4O6.2C2H6.C2H2/c1-21-12-23-8-9-35-27-16-31(29(41-3)14-25(27)33(39)37(23)19-21)43-10-6-5-7-11-44-32-17-28-26(15-30(32)42-4)34(40)38-20-22(2)13-24(38)18-36-28;3*1-2/h14-20,23-24,35H,5-13H2,1-4H3;2*1-2H3;1-2H. The fraction of sp³-hybridized carbons (Fsp3) is 0.475. The molecule has 50 heavy (non-hydrogen) atoms. The highest BCUT2D eigenvalue weighted by atomic mass is 16.5. The summed E-state index contributed by atoms with van der Waals surface area (Å²) in [6.07, 6.45) is 18.8. The minimum atomic E-state index is -0.0827. The van der Waals surface area contributed by atoms with Gasteiger partial charge in [-0.15, -0.1) is 12.8 Å². The summed E-state index contributed by atoms with van der Waals surface area (Å²) < 4.78 is 23.3. The van der Waals surface area contributed by atoms with Gasteiger partial charge in [0.1, 0.15) is 0 Å². The lowest BCUT2D eigenvalue weighted by atomic mass is 10.0. The van der Waals surface area contributed by atoms with Crippen LogP contribution in [0.15, 0.2) is 52.8 Å². The molecule has 0 fully saturated rings. The van der Waals surface area contributed by atoms with E-state index in [4.69, 9.17) is 18.9 Å². The van der Waals surface area contributed by atoms with Gasteiger partial charge in [0.05, 0.1) is 56.0 Å². The molecule has 0 bridgehead atoms. The van der Waals surface area contributed by atoms with Crippen molar-refractivity contribution < 1.29 is 28.5 Å². The minimum absolute atomic E-state index is 0.0176. The number of aliphatic imine (C=N–C) groups is 1. The molecule has 0 saturated carbocycles. The maximum atomic E-state index is 13.4. The van der Waals surface area contributed by atoms with Crippen LogP contribution in [0.1, 0.15) is 101 Å². The molecule has 1 N–H and O–H groups in total. The van der Waals surface area contributed by atoms with E-state index in [2.05, 4.69) is 30.1 Å². The Labute approximate surface area is 298 Å². The molecular weight excluding hydrogens is 632 g/mol. The summed E-state index contributed by atoms with van der Waals surface area (Å²) in [5.41, 5.74) is 4.84. The Morgan fingerprint density at radius 3 is 1.96 bits per heavy atom. The van der Waals surface area contributed by atoms with Crippen molar-refractivity contribution in [3.05, 3.63) is 58.9 Å². The molecule has 0 aliphatic carbocycles. The summed E-state index contributed by atoms with van der Waals surface area (Å²) in [5.74, 6) is 2.14. The topological polar surface area (TPSA) is 102 Å². The summed E-state index contributed by atoms with van der Waals surface area (Å²) in [7, 11) is 3.17. The molecule has 2 aromatic carbocycles. The first-order chi connectivity index (χ1) is 24.4. The number of carbonyl (C=O) groups is 2. The smallest absolute Gasteiger partial charge is 0.260 e. The lowest BCUT2D eigenvalue weighted by molar-refractivity contribution is 0.0777. The zero-order chi connectivity index (χ0) is 36.8. The molecule has 2 amide bonds. The van der Waals surface area contributed by atoms with Crippen molar-refractivity contribution in [2.75, 3.05) is 39.3 Å². The Morgan fingerprint density at radius 1 is 0.760 bits per heavy atom. The van der Waals surface area contributed by atoms with Crippen LogP contribution >= 0.6 is 0 Å². The van der Waals surface area contributed by atoms with E-state index in [1.54, 1.807) is 37.3 Å². The Hall–Kier alpha value is -4.91. The molecule has 0 radical (unpaired) electrons. The van der Waals surface area contributed by atoms with Gasteiger partial charge < -0.3 is 34.1 Å². The lowest BCUT2D eigenvalue weighted by Gasteiger charge is -2.28. The minimum Gasteiger partial charge on any atom is -0.493 e. The highest BCUT2D eigenvalue weighted by molar-refractivity contribution is 6.04. The predicted molar refractivity (Wildman–Crippen MR) is 201 cm³/mol. The monoisotopic (exact) mass is 686 g/mol. The molecule has 0 spiro atoms. The molecule has 10 heteroatoms. The molecule has 0 saturated heterocycles. The lowest BCUT2D eigenvalue weighted by Crippen LogP contribution is -2.36. The molecule has 4 aliphatic rings. The highest BCUT2D eigenvalue weighted by Gasteiger charge is 2.33. The first-order valence-corrected chi connectivity index (χ1v) is 17.7. The summed E-state index contributed by atoms with van der Waals surface area (Å²) >= 11 is 0. The molecule has 4 aliphatic heterocycles. The van der Waals surface area contributed by atoms with E-state index >= 15 is 0 Å². The van der Waals surface area contributed by atoms with Crippen molar-refractivity contribution in [1.29, 1.82) is 0 Å². The summed E-state index contributed by atoms with van der Waals surface area (Å²) in [6.45, 7) is 13.9. The number of nitrogens with one attached hydrogen (secondary N) is 1. The van der Waals surface area contributed by atoms with Crippen LogP contribution in [0.2, 0.25) is 0 Å². The molecule has 2 atom stereocenters. The number of unbranched alkanes of at least 4 members (excludes halogenated alkanes) is 2. The van der Waals surface area contributed by atoms with Crippen molar-refractivity contribution in [2.45, 2.75) is 92.2 Å². The van der Waals surface area contributed by atoms with Gasteiger partial charge in [-0.05, 0) is 64.5 Å². The summed E-state index contributed by atoms with van der Waals surface area (Å²) in [5, 5.41) is 3.43. The predicted octanol–water partition coefficient (Wildman–Crippen LogP) is 8.40. The van der Waals surface area contributed by atoms with Gasteiger partial charge >= 0.3 is 0 Å². The van der Waals surface area contributed by atoms with Crippen LogP contribution in [0.4, 0.5) is 11.4 Å². The van der Waals surface area contributed by atoms with Gasteiger partial charge in [-0.1, -0.05) is 38.8 Å². The molecule has 2 aromatic rings. The van der Waals surface area contributed by atoms with Crippen molar-refractivity contribution in [3.8, 4) is 35.8 Å². The number of amides is 2. The van der Waals surface area contributed by atoms with E-state index in [0.717, 1.165) is 56.3 Å². The summed E-state index contributed by atoms with van der Waals surface area (Å²) in [4.78, 5) is 34.7. The number of benzene rings is 2. The van der Waals surface area contributed by atoms with Gasteiger partial charge in [0.2, 0.25) is 0 Å². The number of hydrogen-bond acceptors (Lipinski definition) is 8. The number of carbonyl (C=O) groups excluding carboxylic acids is 2. The number of fused-ring (bicyclic) bond motifs is 4. The third-order valence-corrected chi connectivity index (χ3v) is 8.56. The zero-order valence-electron chi connectivity index (χ0n) is 31.0. The average Bonchev–Trinajstić information content (AvgIpc) is 3.68. The first kappa shape index (κ1) is 39.5. The van der Waals surface area contributed by atoms with Crippen LogP contribution < -0.4 is 24.3 Å². The van der Waals surface area contributed by atoms with Crippen molar-refractivity contribution in [3.63, 3.8) is 0 Å². The van der Waals surface area contributed by atoms with E-state index < -0.39 is 0 Å². The van der Waals surface area contributed by atoms with Gasteiger partial charge in [0.15, 0.2) is 23.0 Å². The Bertz CT molecular complexity index is 1590. The van der Waals surface area contributed by atoms with Crippen molar-refractivity contribution >= 4 is 29.4 Å².